The van der Waals surface area contributed by atoms with Crippen LogP contribution in [0.4, 0.5) is 11.6 Å². The zero-order valence-corrected chi connectivity index (χ0v) is 41.4. The number of hydrogen-bond acceptors (Lipinski definition) is 16. The molecule has 4 aliphatic rings. The van der Waals surface area contributed by atoms with Crippen LogP contribution in [0.5, 0.6) is 0 Å². The molecule has 2 aromatic heterocycles. The van der Waals surface area contributed by atoms with Crippen molar-refractivity contribution in [2.24, 2.45) is 0 Å². The molecule has 2 unspecified atom stereocenters. The first-order chi connectivity index (χ1) is 33.1. The highest BCUT2D eigenvalue weighted by molar-refractivity contribution is 6.74. The number of aromatic nitrogens is 4. The molecule has 374 valence electrons. The van der Waals surface area contributed by atoms with Crippen molar-refractivity contribution in [2.45, 2.75) is 88.0 Å². The van der Waals surface area contributed by atoms with Gasteiger partial charge in [0.25, 0.3) is 11.8 Å². The summed E-state index contributed by atoms with van der Waals surface area (Å²) in [6.07, 6.45) is -1.80. The number of nitrogens with one attached hydrogen (secondary N) is 2. The van der Waals surface area contributed by atoms with Gasteiger partial charge in [-0.05, 0) is 54.5 Å². The summed E-state index contributed by atoms with van der Waals surface area (Å²) in [6, 6.07) is 20.5. The average Bonchev–Trinajstić information content (AvgIpc) is 3.83. The summed E-state index contributed by atoms with van der Waals surface area (Å²) >= 11 is 0. The van der Waals surface area contributed by atoms with Gasteiger partial charge in [0.05, 0.1) is 26.4 Å². The van der Waals surface area contributed by atoms with E-state index in [1.807, 2.05) is 12.1 Å². The van der Waals surface area contributed by atoms with Crippen LogP contribution in [0.15, 0.2) is 94.8 Å². The quantitative estimate of drug-likeness (QED) is 0.155. The molecule has 4 saturated heterocycles. The molecule has 4 aliphatic heterocycles. The predicted octanol–water partition coefficient (Wildman–Crippen LogP) is 3.23. The van der Waals surface area contributed by atoms with Crippen LogP contribution in [0.3, 0.4) is 0 Å². The number of amides is 2. The van der Waals surface area contributed by atoms with E-state index in [1.165, 1.54) is 28.5 Å². The van der Waals surface area contributed by atoms with E-state index >= 15 is 0 Å². The van der Waals surface area contributed by atoms with Gasteiger partial charge in [0.1, 0.15) is 48.3 Å². The highest BCUT2D eigenvalue weighted by Gasteiger charge is 2.52. The van der Waals surface area contributed by atoms with E-state index in [4.69, 9.17) is 32.8 Å². The van der Waals surface area contributed by atoms with Crippen LogP contribution in [0.25, 0.3) is 0 Å². The fraction of sp³-hybridized carbons (Fsp3) is 0.542. The lowest BCUT2D eigenvalue weighted by Crippen LogP contribution is -2.52. The summed E-state index contributed by atoms with van der Waals surface area (Å²) in [5.41, 5.74) is -0.215. The molecule has 2 amide bonds. The van der Waals surface area contributed by atoms with Gasteiger partial charge in [-0.2, -0.15) is 9.97 Å². The van der Waals surface area contributed by atoms with Crippen molar-refractivity contribution < 1.29 is 47.5 Å². The normalized spacial score (nSPS) is 25.7. The lowest BCUT2D eigenvalue weighted by Gasteiger charge is -2.41. The standard InChI is InChI=1S/C27H40N4O6Si.C21H26N4O6/c1-27(2,3)38(5,6)37-22-20(18-30-14-16-35-17-15-30)36-25(23(22)34-4)31-13-12-21(29-26(31)33)28-24(32)19-10-8-7-9-11-19;1-29-18-17(26)15(13-24-9-11-30-12-10-24)31-20(18)25-8-7-16(23-21(25)28)22-19(27)14-5-3-2-4-6-14/h7-13,20,22-23,25H,14-18H2,1-6H3,(H,28,29,32,33);2-8,15,17-18,20,26H,9-13H2,1H3,(H,22,23,27,28)/t20-,22?,23+,25-;15-,17?,18+,20-/m11/s1. The molecule has 2 aromatic carbocycles. The summed E-state index contributed by atoms with van der Waals surface area (Å²) in [7, 11) is 0.892. The fourth-order valence-electron chi connectivity index (χ4n) is 8.32. The van der Waals surface area contributed by atoms with E-state index in [0.717, 1.165) is 26.2 Å². The van der Waals surface area contributed by atoms with E-state index in [-0.39, 0.29) is 40.7 Å². The molecule has 3 N–H and O–H groups in total. The van der Waals surface area contributed by atoms with Gasteiger partial charge in [0.15, 0.2) is 20.8 Å². The molecule has 0 saturated carbocycles. The molecule has 0 radical (unpaired) electrons. The molecule has 0 spiro atoms. The molecule has 20 nitrogen and oxygen atoms in total. The minimum Gasteiger partial charge on any atom is -0.408 e. The topological polar surface area (TPSA) is 219 Å². The van der Waals surface area contributed by atoms with Gasteiger partial charge in [0, 0.05) is 77.0 Å². The van der Waals surface area contributed by atoms with Crippen molar-refractivity contribution >= 4 is 31.8 Å². The van der Waals surface area contributed by atoms with E-state index in [1.54, 1.807) is 67.9 Å². The molecular weight excluding hydrogens is 909 g/mol. The molecule has 6 heterocycles. The molecule has 69 heavy (non-hydrogen) atoms. The van der Waals surface area contributed by atoms with Crippen LogP contribution in [0.1, 0.15) is 53.9 Å². The largest absolute Gasteiger partial charge is 0.408 e. The number of nitrogens with zero attached hydrogens (tertiary/aromatic N) is 6. The van der Waals surface area contributed by atoms with Gasteiger partial charge < -0.3 is 48.6 Å². The number of morpholine rings is 2. The second-order valence-electron chi connectivity index (χ2n) is 18.8. The first kappa shape index (κ1) is 51.8. The van der Waals surface area contributed by atoms with Crippen LogP contribution in [-0.4, -0.2) is 171 Å². The lowest BCUT2D eigenvalue weighted by molar-refractivity contribution is -0.0641. The van der Waals surface area contributed by atoms with E-state index in [0.29, 0.717) is 50.6 Å². The summed E-state index contributed by atoms with van der Waals surface area (Å²) in [6.45, 7) is 17.9. The van der Waals surface area contributed by atoms with Crippen LogP contribution in [0, 0.1) is 0 Å². The maximum absolute atomic E-state index is 13.2. The number of aliphatic hydroxyl groups excluding tert-OH is 1. The number of hydrogen-bond donors (Lipinski definition) is 3. The fourth-order valence-corrected chi connectivity index (χ4v) is 9.64. The number of rotatable bonds is 14. The Morgan fingerprint density at radius 2 is 1.09 bits per heavy atom. The third-order valence-corrected chi connectivity index (χ3v) is 17.7. The Balaban J connectivity index is 0.000000208. The minimum atomic E-state index is -2.19. The number of ether oxygens (including phenoxy) is 6. The smallest absolute Gasteiger partial charge is 0.351 e. The van der Waals surface area contributed by atoms with Crippen molar-refractivity contribution in [3.8, 4) is 0 Å². The van der Waals surface area contributed by atoms with Crippen LogP contribution in [-0.2, 0) is 32.8 Å². The average molecular weight is 975 g/mol. The van der Waals surface area contributed by atoms with Crippen molar-refractivity contribution in [1.29, 1.82) is 0 Å². The Kier molecular flexibility index (Phi) is 17.5. The van der Waals surface area contributed by atoms with E-state index < -0.39 is 56.6 Å². The van der Waals surface area contributed by atoms with Crippen molar-refractivity contribution in [3.05, 3.63) is 117 Å². The van der Waals surface area contributed by atoms with Gasteiger partial charge in [-0.15, -0.1) is 0 Å². The van der Waals surface area contributed by atoms with Crippen molar-refractivity contribution in [1.82, 2.24) is 28.9 Å². The second-order valence-corrected chi connectivity index (χ2v) is 23.6. The van der Waals surface area contributed by atoms with Crippen LogP contribution < -0.4 is 22.0 Å². The third-order valence-electron chi connectivity index (χ3n) is 13.2. The van der Waals surface area contributed by atoms with Gasteiger partial charge in [-0.25, -0.2) is 9.59 Å². The number of carbonyl (C=O) groups excluding carboxylic acids is 2. The van der Waals surface area contributed by atoms with Gasteiger partial charge in [0.2, 0.25) is 0 Å². The summed E-state index contributed by atoms with van der Waals surface area (Å²) in [5, 5.41) is 16.0. The Morgan fingerprint density at radius 3 is 1.51 bits per heavy atom. The summed E-state index contributed by atoms with van der Waals surface area (Å²) in [4.78, 5) is 63.1. The number of benzene rings is 2. The van der Waals surface area contributed by atoms with Crippen LogP contribution >= 0.6 is 0 Å². The van der Waals surface area contributed by atoms with E-state index in [9.17, 15) is 24.3 Å². The zero-order chi connectivity index (χ0) is 49.3. The molecular formula is C48H66N8O12Si. The number of methoxy groups -OCH3 is 2. The van der Waals surface area contributed by atoms with Crippen LogP contribution in [0.2, 0.25) is 18.1 Å². The van der Waals surface area contributed by atoms with Gasteiger partial charge in [-0.1, -0.05) is 57.2 Å². The predicted molar refractivity (Wildman–Crippen MR) is 258 cm³/mol. The maximum Gasteiger partial charge on any atom is 0.351 e. The van der Waals surface area contributed by atoms with E-state index in [2.05, 4.69) is 64.3 Å². The van der Waals surface area contributed by atoms with Crippen molar-refractivity contribution in [3.63, 3.8) is 0 Å². The molecule has 4 aromatic rings. The van der Waals surface area contributed by atoms with Gasteiger partial charge in [-0.3, -0.25) is 28.5 Å². The molecule has 21 heteroatoms. The van der Waals surface area contributed by atoms with Gasteiger partial charge >= 0.3 is 11.4 Å². The monoisotopic (exact) mass is 974 g/mol. The molecule has 0 aliphatic carbocycles. The Hall–Kier alpha value is -5.04. The Labute approximate surface area is 402 Å². The Bertz CT molecular complexity index is 2430. The minimum absolute atomic E-state index is 0.0100. The molecule has 4 fully saturated rings. The zero-order valence-electron chi connectivity index (χ0n) is 40.4. The highest BCUT2D eigenvalue weighted by atomic mass is 28.4. The van der Waals surface area contributed by atoms with Crippen molar-refractivity contribution in [2.75, 3.05) is 90.5 Å². The highest BCUT2D eigenvalue weighted by Crippen LogP contribution is 2.42. The number of anilines is 2. The first-order valence-corrected chi connectivity index (χ1v) is 26.2. The SMILES string of the molecule is CO[C@H]1C(O)[C@@H](CN2CCOCC2)O[C@H]1n1ccc(NC(=O)c2ccccc2)nc1=O.CO[C@H]1C(O[Si](C)(C)C(C)(C)C)[C@@H](CN2CCOCC2)O[C@H]1n1ccc(NC(=O)c2ccccc2)nc1=O. The lowest BCUT2D eigenvalue weighted by atomic mass is 10.1. The third kappa shape index (κ3) is 12.8. The summed E-state index contributed by atoms with van der Waals surface area (Å²) in [5.74, 6) is -0.396. The summed E-state index contributed by atoms with van der Waals surface area (Å²) < 4.78 is 44.4. The second kappa shape index (κ2) is 23.2. The Morgan fingerprint density at radius 1 is 0.667 bits per heavy atom. The number of carbonyl (C=O) groups is 2. The molecule has 8 rings (SSSR count). The molecule has 8 atom stereocenters. The molecule has 0 bridgehead atoms. The number of aliphatic hydroxyl groups is 1. The maximum atomic E-state index is 13.2. The first-order valence-electron chi connectivity index (χ1n) is 23.3.